The van der Waals surface area contributed by atoms with E-state index in [4.69, 9.17) is 8.83 Å². The number of rotatable bonds is 5. The van der Waals surface area contributed by atoms with Crippen LogP contribution in [0, 0.1) is 0 Å². The molecule has 4 heteroatoms. The molecule has 0 bridgehead atoms. The van der Waals surface area contributed by atoms with Crippen LogP contribution in [0.15, 0.2) is 185 Å². The van der Waals surface area contributed by atoms with Crippen LogP contribution in [0.3, 0.4) is 0 Å². The minimum absolute atomic E-state index is 0.900. The fourth-order valence-electron chi connectivity index (χ4n) is 7.80. The van der Waals surface area contributed by atoms with Gasteiger partial charge in [-0.25, -0.2) is 0 Å². The van der Waals surface area contributed by atoms with E-state index in [2.05, 4.69) is 157 Å². The Morgan fingerprint density at radius 2 is 0.962 bits per heavy atom. The first-order chi connectivity index (χ1) is 25.7. The van der Waals surface area contributed by atoms with Crippen molar-refractivity contribution in [3.05, 3.63) is 176 Å². The normalized spacial score (nSPS) is 11.8. The molecule has 52 heavy (non-hydrogen) atoms. The third kappa shape index (κ3) is 4.58. The van der Waals surface area contributed by atoms with Gasteiger partial charge in [0, 0.05) is 64.3 Å². The molecule has 3 aromatic heterocycles. The smallest absolute Gasteiger partial charge is 0.143 e. The highest BCUT2D eigenvalue weighted by Crippen LogP contribution is 2.43. The predicted molar refractivity (Wildman–Crippen MR) is 219 cm³/mol. The van der Waals surface area contributed by atoms with E-state index in [9.17, 15) is 0 Å². The molecule has 0 unspecified atom stereocenters. The molecule has 11 aromatic rings. The zero-order valence-corrected chi connectivity index (χ0v) is 28.7. The molecule has 0 aliphatic rings. The van der Waals surface area contributed by atoms with Crippen molar-refractivity contribution in [2.24, 2.45) is 0 Å². The lowest BCUT2D eigenvalue weighted by atomic mass is 10.0. The monoisotopic (exact) mass is 683 g/mol. The van der Waals surface area contributed by atoms with E-state index in [0.29, 0.717) is 0 Å². The highest BCUT2D eigenvalue weighted by molar-refractivity contribution is 7.25. The third-order valence-electron chi connectivity index (χ3n) is 10.3. The molecule has 0 aliphatic heterocycles. The summed E-state index contributed by atoms with van der Waals surface area (Å²) in [6.45, 7) is 0. The average Bonchev–Trinajstić information content (AvgIpc) is 3.89. The molecule has 0 fully saturated rings. The minimum atomic E-state index is 0.900. The SMILES string of the molecule is c1cc(-c2cccc3c2oc2ccccc23)cc(N(c2ccc(-c3ccc4c(c3)oc3ccccc34)cc2)c2ccc3c(c2)sc2ccccc23)c1. The number of hydrogen-bond acceptors (Lipinski definition) is 4. The number of furan rings is 2. The second-order valence-electron chi connectivity index (χ2n) is 13.3. The Kier molecular flexibility index (Phi) is 6.42. The second kappa shape index (κ2) is 11.5. The Bertz CT molecular complexity index is 3150. The first-order valence-electron chi connectivity index (χ1n) is 17.5. The molecule has 3 heterocycles. The molecule has 244 valence electrons. The van der Waals surface area contributed by atoms with Gasteiger partial charge in [-0.2, -0.15) is 0 Å². The molecule has 0 amide bonds. The first-order valence-corrected chi connectivity index (χ1v) is 18.3. The Hall–Kier alpha value is -6.62. The van der Waals surface area contributed by atoms with E-state index in [0.717, 1.165) is 83.2 Å². The number of hydrogen-bond donors (Lipinski definition) is 0. The fourth-order valence-corrected chi connectivity index (χ4v) is 8.94. The van der Waals surface area contributed by atoms with E-state index in [1.165, 1.54) is 20.2 Å². The molecule has 11 rings (SSSR count). The summed E-state index contributed by atoms with van der Waals surface area (Å²) in [4.78, 5) is 2.36. The van der Waals surface area contributed by atoms with Crippen LogP contribution in [0.4, 0.5) is 17.1 Å². The van der Waals surface area contributed by atoms with Crippen molar-refractivity contribution in [2.45, 2.75) is 0 Å². The molecule has 0 N–H and O–H groups in total. The molecule has 8 aromatic carbocycles. The third-order valence-corrected chi connectivity index (χ3v) is 11.4. The Labute approximate surface area is 303 Å². The van der Waals surface area contributed by atoms with Crippen LogP contribution in [0.5, 0.6) is 0 Å². The van der Waals surface area contributed by atoms with Gasteiger partial charge in [-0.3, -0.25) is 0 Å². The summed E-state index contributed by atoms with van der Waals surface area (Å²) < 4.78 is 15.3. The number of anilines is 3. The standard InChI is InChI=1S/C48H29NO2S/c1-4-16-43-37(11-1)39-25-21-31(28-45(39)50-43)30-19-22-33(23-20-30)49(35-24-26-41-40-13-3-6-18-46(40)52-47(41)29-35)34-10-7-9-32(27-34)36-14-8-15-42-38-12-2-5-17-44(38)51-48(36)42/h1-29H. The van der Waals surface area contributed by atoms with E-state index in [1.807, 2.05) is 35.6 Å². The summed E-state index contributed by atoms with van der Waals surface area (Å²) in [5.74, 6) is 0. The highest BCUT2D eigenvalue weighted by atomic mass is 32.1. The van der Waals surface area contributed by atoms with Gasteiger partial charge >= 0.3 is 0 Å². The molecule has 0 saturated heterocycles. The van der Waals surface area contributed by atoms with Crippen LogP contribution in [0.1, 0.15) is 0 Å². The minimum Gasteiger partial charge on any atom is -0.456 e. The topological polar surface area (TPSA) is 29.5 Å². The Morgan fingerprint density at radius 1 is 0.346 bits per heavy atom. The average molecular weight is 684 g/mol. The molecule has 3 nitrogen and oxygen atoms in total. The van der Waals surface area contributed by atoms with Crippen molar-refractivity contribution in [2.75, 3.05) is 4.90 Å². The summed E-state index contributed by atoms with van der Waals surface area (Å²) in [5.41, 5.74) is 11.3. The maximum Gasteiger partial charge on any atom is 0.143 e. The van der Waals surface area contributed by atoms with Crippen LogP contribution in [-0.4, -0.2) is 0 Å². The molecule has 0 saturated carbocycles. The zero-order chi connectivity index (χ0) is 34.2. The number of fused-ring (bicyclic) bond motifs is 9. The Balaban J connectivity index is 1.05. The summed E-state index contributed by atoms with van der Waals surface area (Å²) in [6, 6.07) is 62.6. The lowest BCUT2D eigenvalue weighted by molar-refractivity contribution is 0.669. The maximum atomic E-state index is 6.46. The van der Waals surface area contributed by atoms with Gasteiger partial charge in [-0.15, -0.1) is 11.3 Å². The molecule has 0 radical (unpaired) electrons. The number of para-hydroxylation sites is 3. The predicted octanol–water partition coefficient (Wildman–Crippen LogP) is 14.7. The van der Waals surface area contributed by atoms with Crippen molar-refractivity contribution >= 4 is 92.4 Å². The molecular formula is C48H29NO2S. The highest BCUT2D eigenvalue weighted by Gasteiger charge is 2.18. The van der Waals surface area contributed by atoms with Crippen LogP contribution in [-0.2, 0) is 0 Å². The maximum absolute atomic E-state index is 6.46. The number of nitrogens with zero attached hydrogens (tertiary/aromatic N) is 1. The summed E-state index contributed by atoms with van der Waals surface area (Å²) >= 11 is 1.84. The molecule has 0 atom stereocenters. The molecule has 0 spiro atoms. The molecular weight excluding hydrogens is 655 g/mol. The van der Waals surface area contributed by atoms with E-state index in [1.54, 1.807) is 0 Å². The van der Waals surface area contributed by atoms with Crippen LogP contribution >= 0.6 is 11.3 Å². The van der Waals surface area contributed by atoms with Crippen LogP contribution in [0.25, 0.3) is 86.3 Å². The second-order valence-corrected chi connectivity index (χ2v) is 14.4. The zero-order valence-electron chi connectivity index (χ0n) is 27.9. The first kappa shape index (κ1) is 29.1. The van der Waals surface area contributed by atoms with Crippen molar-refractivity contribution in [3.63, 3.8) is 0 Å². The quantitative estimate of drug-likeness (QED) is 0.181. The fraction of sp³-hybridized carbons (Fsp3) is 0. The van der Waals surface area contributed by atoms with Gasteiger partial charge in [0.15, 0.2) is 0 Å². The van der Waals surface area contributed by atoms with Crippen LogP contribution in [0.2, 0.25) is 0 Å². The van der Waals surface area contributed by atoms with Gasteiger partial charge in [0.1, 0.15) is 22.3 Å². The van der Waals surface area contributed by atoms with Crippen molar-refractivity contribution in [3.8, 4) is 22.3 Å². The van der Waals surface area contributed by atoms with Gasteiger partial charge in [-0.1, -0.05) is 109 Å². The van der Waals surface area contributed by atoms with Gasteiger partial charge in [0.2, 0.25) is 0 Å². The van der Waals surface area contributed by atoms with Crippen molar-refractivity contribution < 1.29 is 8.83 Å². The number of thiophene rings is 1. The van der Waals surface area contributed by atoms with Crippen molar-refractivity contribution in [1.82, 2.24) is 0 Å². The van der Waals surface area contributed by atoms with Gasteiger partial charge in [0.05, 0.1) is 0 Å². The lowest BCUT2D eigenvalue weighted by Gasteiger charge is -2.26. The van der Waals surface area contributed by atoms with E-state index in [-0.39, 0.29) is 0 Å². The largest absolute Gasteiger partial charge is 0.456 e. The summed E-state index contributed by atoms with van der Waals surface area (Å²) in [5, 5.41) is 7.12. The number of benzene rings is 8. The van der Waals surface area contributed by atoms with E-state index >= 15 is 0 Å². The summed E-state index contributed by atoms with van der Waals surface area (Å²) in [6.07, 6.45) is 0. The van der Waals surface area contributed by atoms with Gasteiger partial charge in [0.25, 0.3) is 0 Å². The Morgan fingerprint density at radius 3 is 1.83 bits per heavy atom. The lowest BCUT2D eigenvalue weighted by Crippen LogP contribution is -2.10. The summed E-state index contributed by atoms with van der Waals surface area (Å²) in [7, 11) is 0. The van der Waals surface area contributed by atoms with Gasteiger partial charge in [-0.05, 0) is 83.4 Å². The van der Waals surface area contributed by atoms with Gasteiger partial charge < -0.3 is 13.7 Å². The molecule has 0 aliphatic carbocycles. The van der Waals surface area contributed by atoms with Crippen molar-refractivity contribution in [1.29, 1.82) is 0 Å². The van der Waals surface area contributed by atoms with E-state index < -0.39 is 0 Å². The van der Waals surface area contributed by atoms with Crippen LogP contribution < -0.4 is 4.90 Å².